The Morgan fingerprint density at radius 3 is 2.50 bits per heavy atom. The van der Waals surface area contributed by atoms with Gasteiger partial charge < -0.3 is 0 Å². The normalized spacial score (nSPS) is 15.3. The quantitative estimate of drug-likeness (QED) is 0.635. The summed E-state index contributed by atoms with van der Waals surface area (Å²) < 4.78 is 41.0. The van der Waals surface area contributed by atoms with Gasteiger partial charge in [-0.1, -0.05) is 18.2 Å². The molecule has 0 aliphatic heterocycles. The smallest absolute Gasteiger partial charge is 0.258 e. The van der Waals surface area contributed by atoms with Crippen LogP contribution in [0, 0.1) is 15.9 Å². The van der Waals surface area contributed by atoms with Crippen LogP contribution in [-0.2, 0) is 22.9 Å². The maximum absolute atomic E-state index is 13.4. The molecule has 26 heavy (non-hydrogen) atoms. The Balaban J connectivity index is 1.85. The Kier molecular flexibility index (Phi) is 5.06. The van der Waals surface area contributed by atoms with E-state index in [4.69, 9.17) is 0 Å². The first-order chi connectivity index (χ1) is 12.3. The van der Waals surface area contributed by atoms with Crippen LogP contribution in [0.2, 0.25) is 0 Å². The van der Waals surface area contributed by atoms with Crippen LogP contribution < -0.4 is 4.72 Å². The molecule has 0 heterocycles. The second-order valence-electron chi connectivity index (χ2n) is 6.45. The predicted molar refractivity (Wildman–Crippen MR) is 94.9 cm³/mol. The van der Waals surface area contributed by atoms with E-state index >= 15 is 0 Å². The zero-order valence-corrected chi connectivity index (χ0v) is 15.1. The lowest BCUT2D eigenvalue weighted by Gasteiger charge is -2.20. The lowest BCUT2D eigenvalue weighted by atomic mass is 9.89. The van der Waals surface area contributed by atoms with E-state index < -0.39 is 32.5 Å². The van der Waals surface area contributed by atoms with Crippen molar-refractivity contribution in [2.75, 3.05) is 0 Å². The van der Waals surface area contributed by atoms with Crippen molar-refractivity contribution in [2.45, 2.75) is 43.5 Å². The van der Waals surface area contributed by atoms with E-state index in [-0.39, 0.29) is 4.90 Å². The van der Waals surface area contributed by atoms with Crippen LogP contribution in [0.15, 0.2) is 41.3 Å². The molecule has 2 aromatic carbocycles. The number of nitrogens with zero attached hydrogens (tertiary/aromatic N) is 1. The molecule has 1 atom stereocenters. The summed E-state index contributed by atoms with van der Waals surface area (Å²) in [7, 11) is -4.02. The molecule has 6 nitrogen and oxygen atoms in total. The summed E-state index contributed by atoms with van der Waals surface area (Å²) in [6, 6.07) is 7.95. The molecule has 1 aliphatic carbocycles. The van der Waals surface area contributed by atoms with Gasteiger partial charge in [0.05, 0.1) is 9.82 Å². The second kappa shape index (κ2) is 7.13. The standard InChI is InChI=1S/C18H19FN2O4S/c1-12(14-7-6-13-4-2-3-5-15(13)10-14)20-26(24,25)16-8-9-17(19)18(11-16)21(22)23/h6-12,20H,2-5H2,1H3/t12-/m0/s1. The van der Waals surface area contributed by atoms with Gasteiger partial charge in [-0.15, -0.1) is 0 Å². The first kappa shape index (κ1) is 18.5. The molecule has 0 bridgehead atoms. The molecule has 0 saturated carbocycles. The lowest BCUT2D eigenvalue weighted by molar-refractivity contribution is -0.387. The number of nitro benzene ring substituents is 1. The Hall–Kier alpha value is -2.32. The summed E-state index contributed by atoms with van der Waals surface area (Å²) in [5.74, 6) is -1.07. The molecule has 0 spiro atoms. The van der Waals surface area contributed by atoms with Crippen LogP contribution in [0.4, 0.5) is 10.1 Å². The Morgan fingerprint density at radius 1 is 1.12 bits per heavy atom. The summed E-state index contributed by atoms with van der Waals surface area (Å²) in [5.41, 5.74) is 2.49. The summed E-state index contributed by atoms with van der Waals surface area (Å²) in [6.07, 6.45) is 4.30. The first-order valence-corrected chi connectivity index (χ1v) is 9.84. The lowest BCUT2D eigenvalue weighted by Crippen LogP contribution is -2.27. The van der Waals surface area contributed by atoms with Crippen molar-refractivity contribution in [2.24, 2.45) is 0 Å². The number of rotatable bonds is 5. The first-order valence-electron chi connectivity index (χ1n) is 8.36. The average Bonchev–Trinajstić information content (AvgIpc) is 2.60. The highest BCUT2D eigenvalue weighted by Crippen LogP contribution is 2.26. The van der Waals surface area contributed by atoms with Crippen LogP contribution >= 0.6 is 0 Å². The van der Waals surface area contributed by atoms with Gasteiger partial charge >= 0.3 is 5.69 Å². The van der Waals surface area contributed by atoms with Crippen molar-refractivity contribution in [1.82, 2.24) is 4.72 Å². The van der Waals surface area contributed by atoms with E-state index in [0.717, 1.165) is 49.4 Å². The van der Waals surface area contributed by atoms with Gasteiger partial charge in [-0.25, -0.2) is 13.1 Å². The number of aryl methyl sites for hydroxylation is 2. The molecule has 1 N–H and O–H groups in total. The number of fused-ring (bicyclic) bond motifs is 1. The molecule has 0 fully saturated rings. The number of hydrogen-bond donors (Lipinski definition) is 1. The van der Waals surface area contributed by atoms with Crippen molar-refractivity contribution in [1.29, 1.82) is 0 Å². The summed E-state index contributed by atoms with van der Waals surface area (Å²) in [6.45, 7) is 1.71. The third-order valence-electron chi connectivity index (χ3n) is 4.63. The van der Waals surface area contributed by atoms with E-state index in [1.54, 1.807) is 6.92 Å². The molecule has 0 amide bonds. The van der Waals surface area contributed by atoms with E-state index in [2.05, 4.69) is 4.72 Å². The third kappa shape index (κ3) is 3.76. The van der Waals surface area contributed by atoms with Crippen molar-refractivity contribution in [3.63, 3.8) is 0 Å². The molecular weight excluding hydrogens is 359 g/mol. The fraction of sp³-hybridized carbons (Fsp3) is 0.333. The number of halogens is 1. The highest BCUT2D eigenvalue weighted by Gasteiger charge is 2.24. The largest absolute Gasteiger partial charge is 0.306 e. The molecule has 0 saturated heterocycles. The monoisotopic (exact) mass is 378 g/mol. The molecule has 8 heteroatoms. The van der Waals surface area contributed by atoms with Gasteiger partial charge in [0, 0.05) is 12.1 Å². The molecule has 0 unspecified atom stereocenters. The zero-order chi connectivity index (χ0) is 18.9. The highest BCUT2D eigenvalue weighted by molar-refractivity contribution is 7.89. The minimum absolute atomic E-state index is 0.338. The summed E-state index contributed by atoms with van der Waals surface area (Å²) in [4.78, 5) is 9.55. The Bertz CT molecular complexity index is 960. The molecule has 138 valence electrons. The van der Waals surface area contributed by atoms with Crippen LogP contribution in [-0.4, -0.2) is 13.3 Å². The van der Waals surface area contributed by atoms with Crippen molar-refractivity contribution >= 4 is 15.7 Å². The molecule has 1 aliphatic rings. The molecule has 2 aromatic rings. The van der Waals surface area contributed by atoms with Gasteiger partial charge in [0.15, 0.2) is 0 Å². The van der Waals surface area contributed by atoms with Gasteiger partial charge in [0.25, 0.3) is 0 Å². The fourth-order valence-electron chi connectivity index (χ4n) is 3.19. The van der Waals surface area contributed by atoms with E-state index in [1.807, 2.05) is 18.2 Å². The van der Waals surface area contributed by atoms with Crippen LogP contribution in [0.1, 0.15) is 42.5 Å². The highest BCUT2D eigenvalue weighted by atomic mass is 32.2. The number of sulfonamides is 1. The van der Waals surface area contributed by atoms with Gasteiger partial charge in [-0.3, -0.25) is 10.1 Å². The van der Waals surface area contributed by atoms with Crippen LogP contribution in [0.25, 0.3) is 0 Å². The van der Waals surface area contributed by atoms with Crippen molar-refractivity contribution in [3.05, 3.63) is 69.0 Å². The average molecular weight is 378 g/mol. The van der Waals surface area contributed by atoms with E-state index in [9.17, 15) is 22.9 Å². The predicted octanol–water partition coefficient (Wildman–Crippen LogP) is 3.65. The van der Waals surface area contributed by atoms with Crippen LogP contribution in [0.5, 0.6) is 0 Å². The molecule has 3 rings (SSSR count). The second-order valence-corrected chi connectivity index (χ2v) is 8.16. The topological polar surface area (TPSA) is 89.3 Å². The SMILES string of the molecule is C[C@H](NS(=O)(=O)c1ccc(F)c([N+](=O)[O-])c1)c1ccc2c(c1)CCCC2. The van der Waals surface area contributed by atoms with Crippen LogP contribution in [0.3, 0.4) is 0 Å². The van der Waals surface area contributed by atoms with Gasteiger partial charge in [0.2, 0.25) is 15.8 Å². The molecule has 0 aromatic heterocycles. The molecular formula is C18H19FN2O4S. The minimum atomic E-state index is -4.02. The number of benzene rings is 2. The third-order valence-corrected chi connectivity index (χ3v) is 6.17. The van der Waals surface area contributed by atoms with Gasteiger partial charge in [0.1, 0.15) is 0 Å². The number of nitro groups is 1. The van der Waals surface area contributed by atoms with E-state index in [1.165, 1.54) is 11.1 Å². The summed E-state index contributed by atoms with van der Waals surface area (Å²) in [5, 5.41) is 10.8. The Morgan fingerprint density at radius 2 is 1.81 bits per heavy atom. The molecule has 0 radical (unpaired) electrons. The summed E-state index contributed by atoms with van der Waals surface area (Å²) >= 11 is 0. The maximum atomic E-state index is 13.4. The van der Waals surface area contributed by atoms with Crippen molar-refractivity contribution < 1.29 is 17.7 Å². The number of hydrogen-bond acceptors (Lipinski definition) is 4. The number of nitrogens with one attached hydrogen (secondary N) is 1. The van der Waals surface area contributed by atoms with Gasteiger partial charge in [-0.05, 0) is 61.4 Å². The van der Waals surface area contributed by atoms with Gasteiger partial charge in [-0.2, -0.15) is 4.39 Å². The maximum Gasteiger partial charge on any atom is 0.306 e. The Labute approximate surface area is 151 Å². The van der Waals surface area contributed by atoms with E-state index in [0.29, 0.717) is 0 Å². The fourth-order valence-corrected chi connectivity index (χ4v) is 4.44. The minimum Gasteiger partial charge on any atom is -0.258 e. The van der Waals surface area contributed by atoms with Crippen molar-refractivity contribution in [3.8, 4) is 0 Å². The zero-order valence-electron chi connectivity index (χ0n) is 14.2.